The maximum absolute atomic E-state index is 13.1. The Morgan fingerprint density at radius 2 is 1.42 bits per heavy atom. The van der Waals surface area contributed by atoms with Crippen LogP contribution in [0.15, 0.2) is 97.3 Å². The summed E-state index contributed by atoms with van der Waals surface area (Å²) in [5, 5.41) is 8.15. The number of fused-ring (bicyclic) bond motifs is 1. The number of urea groups is 1. The molecule has 5 aromatic rings. The van der Waals surface area contributed by atoms with E-state index in [2.05, 4.69) is 30.9 Å². The summed E-state index contributed by atoms with van der Waals surface area (Å²) in [5.74, 6) is -0.303. The second-order valence-corrected chi connectivity index (χ2v) is 7.76. The lowest BCUT2D eigenvalue weighted by atomic mass is 10.1. The van der Waals surface area contributed by atoms with Crippen LogP contribution in [0.5, 0.6) is 0 Å². The van der Waals surface area contributed by atoms with Crippen LogP contribution in [0, 0.1) is 5.82 Å². The zero-order chi connectivity index (χ0) is 24.9. The molecule has 5 rings (SSSR count). The van der Waals surface area contributed by atoms with Crippen LogP contribution in [-0.4, -0.2) is 26.9 Å². The summed E-state index contributed by atoms with van der Waals surface area (Å²) in [6.07, 6.45) is 3.21. The first-order chi connectivity index (χ1) is 17.5. The van der Waals surface area contributed by atoms with Crippen molar-refractivity contribution in [3.05, 3.63) is 109 Å². The molecule has 0 unspecified atom stereocenters. The van der Waals surface area contributed by atoms with Gasteiger partial charge in [0.25, 0.3) is 5.91 Å². The van der Waals surface area contributed by atoms with Crippen molar-refractivity contribution in [3.8, 4) is 11.3 Å². The Morgan fingerprint density at radius 1 is 0.722 bits per heavy atom. The number of nitrogens with one attached hydrogen (secondary N) is 3. The number of amides is 3. The summed E-state index contributed by atoms with van der Waals surface area (Å²) < 4.78 is 13.0. The molecule has 3 heterocycles. The molecule has 0 aliphatic rings. The van der Waals surface area contributed by atoms with Gasteiger partial charge in [0.15, 0.2) is 0 Å². The number of pyridine rings is 3. The van der Waals surface area contributed by atoms with Crippen LogP contribution in [0.4, 0.5) is 26.4 Å². The monoisotopic (exact) mass is 478 g/mol. The summed E-state index contributed by atoms with van der Waals surface area (Å²) in [6.45, 7) is 0. The molecular formula is C27H19FN6O2. The molecule has 36 heavy (non-hydrogen) atoms. The Kier molecular flexibility index (Phi) is 6.27. The van der Waals surface area contributed by atoms with Crippen LogP contribution < -0.4 is 16.0 Å². The summed E-state index contributed by atoms with van der Waals surface area (Å²) in [7, 11) is 0. The molecule has 3 N–H and O–H groups in total. The van der Waals surface area contributed by atoms with Crippen LogP contribution in [0.2, 0.25) is 0 Å². The van der Waals surface area contributed by atoms with Crippen LogP contribution in [0.3, 0.4) is 0 Å². The molecule has 0 atom stereocenters. The molecule has 9 heteroatoms. The zero-order valence-electron chi connectivity index (χ0n) is 18.8. The van der Waals surface area contributed by atoms with E-state index >= 15 is 0 Å². The Hall–Kier alpha value is -5.18. The molecule has 0 radical (unpaired) electrons. The van der Waals surface area contributed by atoms with E-state index in [1.807, 2.05) is 0 Å². The van der Waals surface area contributed by atoms with Crippen molar-refractivity contribution < 1.29 is 14.0 Å². The minimum atomic E-state index is -0.460. The van der Waals surface area contributed by atoms with Crippen LogP contribution in [-0.2, 0) is 0 Å². The van der Waals surface area contributed by atoms with Gasteiger partial charge in [0.2, 0.25) is 0 Å². The molecule has 8 nitrogen and oxygen atoms in total. The molecular weight excluding hydrogens is 459 g/mol. The highest BCUT2D eigenvalue weighted by molar-refractivity contribution is 6.11. The number of rotatable bonds is 5. The molecule has 0 fully saturated rings. The van der Waals surface area contributed by atoms with Crippen molar-refractivity contribution >= 4 is 40.2 Å². The zero-order valence-corrected chi connectivity index (χ0v) is 18.8. The molecule has 176 valence electrons. The summed E-state index contributed by atoms with van der Waals surface area (Å²) in [5.41, 5.74) is 3.75. The van der Waals surface area contributed by atoms with E-state index in [0.29, 0.717) is 39.5 Å². The first kappa shape index (κ1) is 22.6. The highest BCUT2D eigenvalue weighted by Gasteiger charge is 2.16. The average molecular weight is 478 g/mol. The highest BCUT2D eigenvalue weighted by Crippen LogP contribution is 2.25. The Morgan fingerprint density at radius 3 is 2.11 bits per heavy atom. The van der Waals surface area contributed by atoms with Gasteiger partial charge in [-0.3, -0.25) is 9.78 Å². The van der Waals surface area contributed by atoms with Crippen molar-refractivity contribution in [3.63, 3.8) is 0 Å². The van der Waals surface area contributed by atoms with Crippen molar-refractivity contribution in [1.29, 1.82) is 0 Å². The third-order valence-electron chi connectivity index (χ3n) is 5.26. The lowest BCUT2D eigenvalue weighted by Gasteiger charge is -2.11. The lowest BCUT2D eigenvalue weighted by Crippen LogP contribution is -2.19. The van der Waals surface area contributed by atoms with Crippen LogP contribution >= 0.6 is 0 Å². The van der Waals surface area contributed by atoms with Gasteiger partial charge in [-0.25, -0.2) is 19.2 Å². The van der Waals surface area contributed by atoms with Gasteiger partial charge < -0.3 is 16.0 Å². The number of anilines is 3. The average Bonchev–Trinajstić information content (AvgIpc) is 2.90. The third kappa shape index (κ3) is 5.15. The molecule has 0 spiro atoms. The second kappa shape index (κ2) is 9.98. The molecule has 2 aromatic carbocycles. The maximum atomic E-state index is 13.1. The Bertz CT molecular complexity index is 1540. The quantitative estimate of drug-likeness (QED) is 0.299. The van der Waals surface area contributed by atoms with Gasteiger partial charge in [-0.2, -0.15) is 0 Å². The van der Waals surface area contributed by atoms with E-state index in [4.69, 9.17) is 0 Å². The first-order valence-electron chi connectivity index (χ1n) is 11.0. The van der Waals surface area contributed by atoms with E-state index in [9.17, 15) is 14.0 Å². The van der Waals surface area contributed by atoms with Crippen LogP contribution in [0.1, 0.15) is 10.4 Å². The van der Waals surface area contributed by atoms with Gasteiger partial charge in [0, 0.05) is 29.3 Å². The summed E-state index contributed by atoms with van der Waals surface area (Å²) in [4.78, 5) is 38.5. The minimum Gasteiger partial charge on any atom is -0.308 e. The summed E-state index contributed by atoms with van der Waals surface area (Å²) in [6, 6.07) is 22.5. The second-order valence-electron chi connectivity index (χ2n) is 7.76. The number of aromatic nitrogens is 3. The van der Waals surface area contributed by atoms with Gasteiger partial charge in [-0.15, -0.1) is 0 Å². The molecule has 3 amide bonds. The molecule has 0 saturated carbocycles. The van der Waals surface area contributed by atoms with Gasteiger partial charge in [0.05, 0.1) is 16.8 Å². The standard InChI is InChI=1S/C27H19FN6O2/c28-18-8-12-20(13-9-18)32-27(36)31-19-10-6-17(7-11-19)23-16-21(25-22(33-23)4-3-15-30-25)26(35)34-24-5-1-2-14-29-24/h1-16H,(H,29,34,35)(H2,31,32,36). The third-order valence-corrected chi connectivity index (χ3v) is 5.26. The van der Waals surface area contributed by atoms with Crippen LogP contribution in [0.25, 0.3) is 22.3 Å². The predicted octanol–water partition coefficient (Wildman–Crippen LogP) is 5.73. The Balaban J connectivity index is 1.37. The molecule has 0 bridgehead atoms. The highest BCUT2D eigenvalue weighted by atomic mass is 19.1. The molecule has 3 aromatic heterocycles. The minimum absolute atomic E-state index is 0.350. The van der Waals surface area contributed by atoms with E-state index < -0.39 is 6.03 Å². The van der Waals surface area contributed by atoms with E-state index in [0.717, 1.165) is 5.56 Å². The van der Waals surface area contributed by atoms with E-state index in [-0.39, 0.29) is 11.7 Å². The lowest BCUT2D eigenvalue weighted by molar-refractivity contribution is 0.102. The predicted molar refractivity (Wildman–Crippen MR) is 136 cm³/mol. The van der Waals surface area contributed by atoms with Gasteiger partial charge in [0.1, 0.15) is 17.2 Å². The normalized spacial score (nSPS) is 10.6. The van der Waals surface area contributed by atoms with Crippen molar-refractivity contribution in [2.24, 2.45) is 0 Å². The van der Waals surface area contributed by atoms with E-state index in [1.165, 1.54) is 24.3 Å². The fourth-order valence-electron chi connectivity index (χ4n) is 3.55. The molecule has 0 saturated heterocycles. The number of benzene rings is 2. The number of carbonyl (C=O) groups excluding carboxylic acids is 2. The fourth-order valence-corrected chi connectivity index (χ4v) is 3.55. The van der Waals surface area contributed by atoms with Gasteiger partial charge in [-0.05, 0) is 66.7 Å². The first-order valence-corrected chi connectivity index (χ1v) is 11.0. The largest absolute Gasteiger partial charge is 0.323 e. The van der Waals surface area contributed by atoms with Crippen molar-refractivity contribution in [2.45, 2.75) is 0 Å². The number of carbonyl (C=O) groups is 2. The fraction of sp³-hybridized carbons (Fsp3) is 0. The van der Waals surface area contributed by atoms with Gasteiger partial charge in [-0.1, -0.05) is 18.2 Å². The van der Waals surface area contributed by atoms with Crippen molar-refractivity contribution in [2.75, 3.05) is 16.0 Å². The Labute approximate surface area is 205 Å². The SMILES string of the molecule is O=C(Nc1ccc(F)cc1)Nc1ccc(-c2cc(C(=O)Nc3ccccn3)c3ncccc3n2)cc1. The molecule has 0 aliphatic heterocycles. The van der Waals surface area contributed by atoms with Crippen molar-refractivity contribution in [1.82, 2.24) is 15.0 Å². The van der Waals surface area contributed by atoms with E-state index in [1.54, 1.807) is 73.1 Å². The topological polar surface area (TPSA) is 109 Å². The van der Waals surface area contributed by atoms with Gasteiger partial charge >= 0.3 is 6.03 Å². The number of hydrogen-bond acceptors (Lipinski definition) is 5. The molecule has 0 aliphatic carbocycles. The number of hydrogen-bond donors (Lipinski definition) is 3. The number of halogens is 1. The maximum Gasteiger partial charge on any atom is 0.323 e. The summed E-state index contributed by atoms with van der Waals surface area (Å²) >= 11 is 0. The number of nitrogens with zero attached hydrogens (tertiary/aromatic N) is 3. The smallest absolute Gasteiger partial charge is 0.308 e.